The minimum Gasteiger partial charge on any atom is -0.388 e. The van der Waals surface area contributed by atoms with E-state index in [2.05, 4.69) is 34.3 Å². The van der Waals surface area contributed by atoms with Gasteiger partial charge in [-0.1, -0.05) is 13.0 Å². The van der Waals surface area contributed by atoms with Crippen molar-refractivity contribution in [2.75, 3.05) is 59.6 Å². The van der Waals surface area contributed by atoms with Gasteiger partial charge in [0, 0.05) is 64.3 Å². The van der Waals surface area contributed by atoms with Crippen molar-refractivity contribution in [3.63, 3.8) is 0 Å². The second-order valence-electron chi connectivity index (χ2n) is 8.50. The van der Waals surface area contributed by atoms with Gasteiger partial charge in [0.2, 0.25) is 0 Å². The summed E-state index contributed by atoms with van der Waals surface area (Å²) in [5.74, 6) is 1.74. The van der Waals surface area contributed by atoms with Crippen LogP contribution >= 0.6 is 0 Å². The third-order valence-corrected chi connectivity index (χ3v) is 6.68. The summed E-state index contributed by atoms with van der Waals surface area (Å²) in [6, 6.07) is 0.558. The third kappa shape index (κ3) is 3.59. The van der Waals surface area contributed by atoms with E-state index in [0.29, 0.717) is 36.4 Å². The summed E-state index contributed by atoms with van der Waals surface area (Å²) in [7, 11) is 1.86. The molecule has 0 bridgehead atoms. The van der Waals surface area contributed by atoms with E-state index in [1.54, 1.807) is 0 Å². The van der Waals surface area contributed by atoms with Gasteiger partial charge in [0.25, 0.3) is 0 Å². The van der Waals surface area contributed by atoms with E-state index in [1.165, 1.54) is 0 Å². The molecule has 0 aromatic carbocycles. The van der Waals surface area contributed by atoms with Gasteiger partial charge in [-0.2, -0.15) is 0 Å². The average Bonchev–Trinajstić information content (AvgIpc) is 3.08. The number of hydrogen-bond donors (Lipinski definition) is 1. The smallest absolute Gasteiger partial charge is 0.169 e. The van der Waals surface area contributed by atoms with Crippen LogP contribution in [0.15, 0.2) is 12.3 Å². The Hall–Kier alpha value is -0.690. The van der Waals surface area contributed by atoms with Crippen molar-refractivity contribution in [2.45, 2.75) is 31.2 Å². The third-order valence-electron chi connectivity index (χ3n) is 6.68. The second-order valence-corrected chi connectivity index (χ2v) is 8.50. The Morgan fingerprint density at radius 2 is 1.96 bits per heavy atom. The van der Waals surface area contributed by atoms with E-state index < -0.39 is 5.67 Å². The van der Waals surface area contributed by atoms with Gasteiger partial charge in [-0.15, -0.1) is 0 Å². The molecular formula is C19H32FN3O2. The fourth-order valence-corrected chi connectivity index (χ4v) is 5.15. The molecule has 0 amide bonds. The molecule has 1 aliphatic carbocycles. The molecule has 5 atom stereocenters. The lowest BCUT2D eigenvalue weighted by atomic mass is 9.70. The van der Waals surface area contributed by atoms with Crippen molar-refractivity contribution in [1.29, 1.82) is 0 Å². The summed E-state index contributed by atoms with van der Waals surface area (Å²) in [6.07, 6.45) is 5.94. The van der Waals surface area contributed by atoms with E-state index >= 15 is 0 Å². The van der Waals surface area contributed by atoms with Crippen LogP contribution in [0.1, 0.15) is 13.3 Å². The molecule has 4 rings (SSSR count). The molecule has 2 saturated heterocycles. The lowest BCUT2D eigenvalue weighted by Crippen LogP contribution is -2.58. The maximum atomic E-state index is 14.2. The molecule has 3 heterocycles. The number of hydrogen-bond acceptors (Lipinski definition) is 5. The fourth-order valence-electron chi connectivity index (χ4n) is 5.15. The summed E-state index contributed by atoms with van der Waals surface area (Å²) in [6.45, 7) is 8.42. The van der Waals surface area contributed by atoms with Gasteiger partial charge in [0.1, 0.15) is 0 Å². The first-order valence-electron chi connectivity index (χ1n) is 9.75. The van der Waals surface area contributed by atoms with Crippen LogP contribution in [-0.4, -0.2) is 87.2 Å². The Morgan fingerprint density at radius 1 is 1.24 bits per heavy atom. The lowest BCUT2D eigenvalue weighted by molar-refractivity contribution is -0.143. The SMILES string of the molecule is COC1CC(C)C2NC=CC2C1CN1CCN(CC2(F)COC2)CC1. The van der Waals surface area contributed by atoms with Crippen LogP contribution in [0.5, 0.6) is 0 Å². The Bertz CT molecular complexity index is 491. The zero-order valence-corrected chi connectivity index (χ0v) is 15.5. The molecule has 0 aromatic rings. The van der Waals surface area contributed by atoms with E-state index in [0.717, 1.165) is 39.1 Å². The number of methoxy groups -OCH3 is 1. The first-order chi connectivity index (χ1) is 12.1. The maximum Gasteiger partial charge on any atom is 0.169 e. The largest absolute Gasteiger partial charge is 0.388 e. The van der Waals surface area contributed by atoms with E-state index in [4.69, 9.17) is 9.47 Å². The average molecular weight is 353 g/mol. The molecular weight excluding hydrogens is 321 g/mol. The minimum absolute atomic E-state index is 0.269. The van der Waals surface area contributed by atoms with Gasteiger partial charge in [-0.05, 0) is 18.5 Å². The van der Waals surface area contributed by atoms with E-state index in [1.807, 2.05) is 7.11 Å². The van der Waals surface area contributed by atoms with Crippen LogP contribution in [0.4, 0.5) is 4.39 Å². The van der Waals surface area contributed by atoms with Crippen LogP contribution in [0, 0.1) is 17.8 Å². The van der Waals surface area contributed by atoms with Crippen LogP contribution in [0.2, 0.25) is 0 Å². The van der Waals surface area contributed by atoms with Crippen molar-refractivity contribution in [1.82, 2.24) is 15.1 Å². The number of halogens is 1. The topological polar surface area (TPSA) is 37.0 Å². The van der Waals surface area contributed by atoms with Crippen molar-refractivity contribution >= 4 is 0 Å². The van der Waals surface area contributed by atoms with Gasteiger partial charge in [0.05, 0.1) is 19.3 Å². The molecule has 0 radical (unpaired) electrons. The first-order valence-corrected chi connectivity index (χ1v) is 9.75. The number of ether oxygens (including phenoxy) is 2. The number of fused-ring (bicyclic) bond motifs is 1. The minimum atomic E-state index is -1.10. The highest BCUT2D eigenvalue weighted by molar-refractivity contribution is 5.11. The first kappa shape index (κ1) is 17.7. The number of piperazine rings is 1. The van der Waals surface area contributed by atoms with Crippen molar-refractivity contribution in [2.24, 2.45) is 17.8 Å². The van der Waals surface area contributed by atoms with Crippen LogP contribution in [-0.2, 0) is 9.47 Å². The number of rotatable bonds is 5. The number of alkyl halides is 1. The van der Waals surface area contributed by atoms with Crippen molar-refractivity contribution < 1.29 is 13.9 Å². The highest BCUT2D eigenvalue weighted by Crippen LogP contribution is 2.39. The number of nitrogens with zero attached hydrogens (tertiary/aromatic N) is 2. The van der Waals surface area contributed by atoms with Crippen LogP contribution in [0.25, 0.3) is 0 Å². The fraction of sp³-hybridized carbons (Fsp3) is 0.895. The zero-order valence-electron chi connectivity index (χ0n) is 15.5. The van der Waals surface area contributed by atoms with Gasteiger partial charge in [-0.3, -0.25) is 4.90 Å². The molecule has 5 nitrogen and oxygen atoms in total. The summed E-state index contributed by atoms with van der Waals surface area (Å²) >= 11 is 0. The molecule has 0 aromatic heterocycles. The van der Waals surface area contributed by atoms with Crippen molar-refractivity contribution in [3.05, 3.63) is 12.3 Å². The highest BCUT2D eigenvalue weighted by Gasteiger charge is 2.45. The molecule has 6 heteroatoms. The summed E-state index contributed by atoms with van der Waals surface area (Å²) in [5.41, 5.74) is -1.10. The normalized spacial score (nSPS) is 41.2. The Kier molecular flexibility index (Phi) is 5.06. The van der Waals surface area contributed by atoms with Gasteiger partial charge in [0.15, 0.2) is 5.67 Å². The van der Waals surface area contributed by atoms with Crippen molar-refractivity contribution in [3.8, 4) is 0 Å². The van der Waals surface area contributed by atoms with Gasteiger partial charge in [-0.25, -0.2) is 4.39 Å². The monoisotopic (exact) mass is 353 g/mol. The van der Waals surface area contributed by atoms with E-state index in [9.17, 15) is 4.39 Å². The second kappa shape index (κ2) is 7.14. The lowest BCUT2D eigenvalue weighted by Gasteiger charge is -2.46. The quantitative estimate of drug-likeness (QED) is 0.802. The molecule has 142 valence electrons. The molecule has 1 N–H and O–H groups in total. The molecule has 0 spiro atoms. The van der Waals surface area contributed by atoms with Crippen LogP contribution < -0.4 is 5.32 Å². The zero-order chi connectivity index (χ0) is 17.4. The molecule has 3 aliphatic heterocycles. The Morgan fingerprint density at radius 3 is 2.60 bits per heavy atom. The number of nitrogens with one attached hydrogen (secondary N) is 1. The maximum absolute atomic E-state index is 14.2. The predicted octanol–water partition coefficient (Wildman–Crippen LogP) is 1.12. The molecule has 5 unspecified atom stereocenters. The van der Waals surface area contributed by atoms with Gasteiger partial charge >= 0.3 is 0 Å². The van der Waals surface area contributed by atoms with Crippen LogP contribution in [0.3, 0.4) is 0 Å². The molecule has 3 fully saturated rings. The summed E-state index contributed by atoms with van der Waals surface area (Å²) in [5, 5.41) is 3.55. The summed E-state index contributed by atoms with van der Waals surface area (Å²) < 4.78 is 25.1. The standard InChI is InChI=1S/C19H32FN3O2/c1-14-9-17(24-2)16(15-3-4-21-18(14)15)10-22-5-7-23(8-6-22)11-19(20)12-25-13-19/h3-4,14-18,21H,5-13H2,1-2H3. The predicted molar refractivity (Wildman–Crippen MR) is 95.2 cm³/mol. The Balaban J connectivity index is 1.31. The highest BCUT2D eigenvalue weighted by atomic mass is 19.1. The Labute approximate surface area is 150 Å². The molecule has 25 heavy (non-hydrogen) atoms. The van der Waals surface area contributed by atoms with Gasteiger partial charge < -0.3 is 19.7 Å². The van der Waals surface area contributed by atoms with E-state index in [-0.39, 0.29) is 13.2 Å². The molecule has 4 aliphatic rings. The molecule has 1 saturated carbocycles. The summed E-state index contributed by atoms with van der Waals surface area (Å²) in [4.78, 5) is 4.81.